The molecule has 0 rings (SSSR count). The molecule has 0 aromatic rings. The van der Waals surface area contributed by atoms with Gasteiger partial charge in [0.05, 0.1) is 6.61 Å². The molecule has 0 amide bonds. The van der Waals surface area contributed by atoms with Gasteiger partial charge in [0, 0.05) is 0 Å². The predicted octanol–water partition coefficient (Wildman–Crippen LogP) is 2.83. The third-order valence-corrected chi connectivity index (χ3v) is 3.13. The van der Waals surface area contributed by atoms with E-state index in [0.717, 1.165) is 0 Å². The van der Waals surface area contributed by atoms with Crippen molar-refractivity contribution in [2.45, 2.75) is 48.0 Å². The monoisotopic (exact) mass is 228 g/mol. The van der Waals surface area contributed by atoms with Crippen LogP contribution in [0.5, 0.6) is 0 Å². The number of Topliss-reactive ketones (excluding diaryl/α,β-unsaturated/α-hetero) is 1. The van der Waals surface area contributed by atoms with Gasteiger partial charge in [0.1, 0.15) is 11.7 Å². The van der Waals surface area contributed by atoms with E-state index in [0.29, 0.717) is 18.9 Å². The van der Waals surface area contributed by atoms with Crippen molar-refractivity contribution in [1.82, 2.24) is 0 Å². The Hall–Kier alpha value is -0.860. The topological polar surface area (TPSA) is 43.4 Å². The normalized spacial score (nSPS) is 15.4. The average Bonchev–Trinajstić information content (AvgIpc) is 2.11. The maximum Gasteiger partial charge on any atom is 0.316 e. The lowest BCUT2D eigenvalue weighted by Gasteiger charge is -2.29. The number of ether oxygens (including phenoxy) is 1. The van der Waals surface area contributed by atoms with Gasteiger partial charge in [-0.1, -0.05) is 27.7 Å². The first-order valence-corrected chi connectivity index (χ1v) is 5.87. The Bertz CT molecular complexity index is 250. The Balaban J connectivity index is 4.58. The van der Waals surface area contributed by atoms with Crippen molar-refractivity contribution < 1.29 is 14.3 Å². The first-order chi connectivity index (χ1) is 7.20. The molecular weight excluding hydrogens is 204 g/mol. The van der Waals surface area contributed by atoms with Crippen molar-refractivity contribution in [1.29, 1.82) is 0 Å². The lowest BCUT2D eigenvalue weighted by atomic mass is 9.76. The van der Waals surface area contributed by atoms with Gasteiger partial charge in [-0.15, -0.1) is 0 Å². The molecule has 0 heterocycles. The van der Waals surface area contributed by atoms with E-state index in [1.807, 2.05) is 0 Å². The van der Waals surface area contributed by atoms with Crippen molar-refractivity contribution >= 4 is 11.8 Å². The summed E-state index contributed by atoms with van der Waals surface area (Å²) in [6.45, 7) is 11.9. The Morgan fingerprint density at radius 2 is 1.75 bits per heavy atom. The van der Waals surface area contributed by atoms with Gasteiger partial charge in [0.15, 0.2) is 0 Å². The molecule has 0 bridgehead atoms. The van der Waals surface area contributed by atoms with E-state index >= 15 is 0 Å². The molecule has 0 aliphatic heterocycles. The quantitative estimate of drug-likeness (QED) is 0.537. The van der Waals surface area contributed by atoms with Gasteiger partial charge in [-0.25, -0.2) is 0 Å². The highest BCUT2D eigenvalue weighted by molar-refractivity contribution is 5.97. The first kappa shape index (κ1) is 15.1. The van der Waals surface area contributed by atoms with Crippen LogP contribution >= 0.6 is 0 Å². The van der Waals surface area contributed by atoms with E-state index in [9.17, 15) is 9.59 Å². The van der Waals surface area contributed by atoms with Crippen molar-refractivity contribution in [2.24, 2.45) is 17.3 Å². The molecule has 2 atom stereocenters. The Kier molecular flexibility index (Phi) is 5.70. The summed E-state index contributed by atoms with van der Waals surface area (Å²) in [7, 11) is 0. The van der Waals surface area contributed by atoms with Gasteiger partial charge in [-0.05, 0) is 31.6 Å². The van der Waals surface area contributed by atoms with Crippen molar-refractivity contribution in [3.8, 4) is 0 Å². The zero-order valence-corrected chi connectivity index (χ0v) is 11.3. The number of rotatable bonds is 5. The molecule has 0 aliphatic carbocycles. The van der Waals surface area contributed by atoms with E-state index in [-0.39, 0.29) is 17.2 Å². The van der Waals surface area contributed by atoms with E-state index in [2.05, 4.69) is 27.7 Å². The largest absolute Gasteiger partial charge is 0.465 e. The van der Waals surface area contributed by atoms with Crippen LogP contribution in [-0.4, -0.2) is 18.4 Å². The lowest BCUT2D eigenvalue weighted by molar-refractivity contribution is -0.152. The molecule has 3 heteroatoms. The van der Waals surface area contributed by atoms with Crippen LogP contribution in [0.2, 0.25) is 0 Å². The van der Waals surface area contributed by atoms with Crippen LogP contribution in [0.4, 0.5) is 0 Å². The van der Waals surface area contributed by atoms with Crippen LogP contribution in [0.1, 0.15) is 48.0 Å². The molecule has 94 valence electrons. The fourth-order valence-electron chi connectivity index (χ4n) is 1.38. The van der Waals surface area contributed by atoms with Gasteiger partial charge >= 0.3 is 5.97 Å². The zero-order valence-electron chi connectivity index (χ0n) is 11.3. The molecule has 0 aromatic carbocycles. The smallest absolute Gasteiger partial charge is 0.316 e. The second-order valence-electron chi connectivity index (χ2n) is 5.42. The highest BCUT2D eigenvalue weighted by Gasteiger charge is 2.31. The van der Waals surface area contributed by atoms with Gasteiger partial charge < -0.3 is 4.74 Å². The van der Waals surface area contributed by atoms with Crippen LogP contribution in [0, 0.1) is 17.3 Å². The van der Waals surface area contributed by atoms with E-state index in [1.165, 1.54) is 6.92 Å². The highest BCUT2D eigenvalue weighted by atomic mass is 16.5. The zero-order chi connectivity index (χ0) is 12.9. The summed E-state index contributed by atoms with van der Waals surface area (Å²) in [5.41, 5.74) is 0.0974. The standard InChI is InChI=1S/C13H24O3/c1-7-16-12(15)11(10(3)14)8-9(2)13(4,5)6/h9,11H,7-8H2,1-6H3. The summed E-state index contributed by atoms with van der Waals surface area (Å²) in [5.74, 6) is -0.791. The molecule has 3 nitrogen and oxygen atoms in total. The number of esters is 1. The maximum absolute atomic E-state index is 11.6. The number of carbonyl (C=O) groups excluding carboxylic acids is 2. The summed E-state index contributed by atoms with van der Waals surface area (Å²) >= 11 is 0. The third-order valence-electron chi connectivity index (χ3n) is 3.13. The minimum Gasteiger partial charge on any atom is -0.465 e. The summed E-state index contributed by atoms with van der Waals surface area (Å²) in [4.78, 5) is 23.0. The van der Waals surface area contributed by atoms with E-state index in [1.54, 1.807) is 6.92 Å². The van der Waals surface area contributed by atoms with Crippen LogP contribution in [0.15, 0.2) is 0 Å². The summed E-state index contributed by atoms with van der Waals surface area (Å²) in [6.07, 6.45) is 0.567. The molecule has 16 heavy (non-hydrogen) atoms. The first-order valence-electron chi connectivity index (χ1n) is 5.87. The second kappa shape index (κ2) is 6.02. The van der Waals surface area contributed by atoms with Crippen LogP contribution in [0.3, 0.4) is 0 Å². The fourth-order valence-corrected chi connectivity index (χ4v) is 1.38. The Morgan fingerprint density at radius 1 is 1.25 bits per heavy atom. The number of hydrogen-bond acceptors (Lipinski definition) is 3. The third kappa shape index (κ3) is 4.77. The fraction of sp³-hybridized carbons (Fsp3) is 0.846. The SMILES string of the molecule is CCOC(=O)C(CC(C)C(C)(C)C)C(C)=O. The molecule has 0 N–H and O–H groups in total. The van der Waals surface area contributed by atoms with Gasteiger partial charge in [0.25, 0.3) is 0 Å². The molecule has 0 saturated carbocycles. The highest BCUT2D eigenvalue weighted by Crippen LogP contribution is 2.31. The number of ketones is 1. The molecule has 0 aromatic heterocycles. The minimum atomic E-state index is -0.603. The van der Waals surface area contributed by atoms with Crippen molar-refractivity contribution in [2.75, 3.05) is 6.61 Å². The summed E-state index contributed by atoms with van der Waals surface area (Å²) in [6, 6.07) is 0. The number of hydrogen-bond donors (Lipinski definition) is 0. The van der Waals surface area contributed by atoms with Crippen LogP contribution < -0.4 is 0 Å². The van der Waals surface area contributed by atoms with Crippen LogP contribution in [-0.2, 0) is 14.3 Å². The molecule has 2 unspecified atom stereocenters. The minimum absolute atomic E-state index is 0.0974. The van der Waals surface area contributed by atoms with Gasteiger partial charge in [0.2, 0.25) is 0 Å². The van der Waals surface area contributed by atoms with E-state index < -0.39 is 5.92 Å². The lowest BCUT2D eigenvalue weighted by Crippen LogP contribution is -2.30. The van der Waals surface area contributed by atoms with E-state index in [4.69, 9.17) is 4.74 Å². The number of carbonyl (C=O) groups is 2. The molecule has 0 fully saturated rings. The average molecular weight is 228 g/mol. The van der Waals surface area contributed by atoms with Crippen molar-refractivity contribution in [3.63, 3.8) is 0 Å². The van der Waals surface area contributed by atoms with Gasteiger partial charge in [-0.2, -0.15) is 0 Å². The summed E-state index contributed by atoms with van der Waals surface area (Å²) in [5, 5.41) is 0. The molecule has 0 radical (unpaired) electrons. The maximum atomic E-state index is 11.6. The second-order valence-corrected chi connectivity index (χ2v) is 5.42. The van der Waals surface area contributed by atoms with Crippen LogP contribution in [0.25, 0.3) is 0 Å². The van der Waals surface area contributed by atoms with Gasteiger partial charge in [-0.3, -0.25) is 9.59 Å². The van der Waals surface area contributed by atoms with Crippen molar-refractivity contribution in [3.05, 3.63) is 0 Å². The predicted molar refractivity (Wildman–Crippen MR) is 64.0 cm³/mol. The molecule has 0 aliphatic rings. The Labute approximate surface area is 98.6 Å². The molecular formula is C13H24O3. The Morgan fingerprint density at radius 3 is 2.06 bits per heavy atom. The molecule has 0 spiro atoms. The molecule has 0 saturated heterocycles. The summed E-state index contributed by atoms with van der Waals surface area (Å²) < 4.78 is 4.92.